The predicted octanol–water partition coefficient (Wildman–Crippen LogP) is 2.84. The Morgan fingerprint density at radius 1 is 1.33 bits per heavy atom. The zero-order valence-corrected chi connectivity index (χ0v) is 9.07. The van der Waals surface area contributed by atoms with Crippen molar-refractivity contribution in [1.82, 2.24) is 10.2 Å². The molecule has 0 aliphatic heterocycles. The van der Waals surface area contributed by atoms with Crippen LogP contribution < -0.4 is 5.32 Å². The Morgan fingerprint density at radius 3 is 2.93 bits per heavy atom. The minimum absolute atomic E-state index is 0.421. The molecule has 0 amide bonds. The third kappa shape index (κ3) is 2.06. The monoisotopic (exact) mass is 201 g/mol. The van der Waals surface area contributed by atoms with Crippen LogP contribution in [0.5, 0.6) is 0 Å². The van der Waals surface area contributed by atoms with Crippen molar-refractivity contribution in [3.8, 4) is 0 Å². The van der Waals surface area contributed by atoms with Crippen LogP contribution in [0.2, 0.25) is 0 Å². The fourth-order valence-electron chi connectivity index (χ4n) is 1.47. The van der Waals surface area contributed by atoms with Crippen molar-refractivity contribution in [2.24, 2.45) is 0 Å². The molecule has 15 heavy (non-hydrogen) atoms. The lowest BCUT2D eigenvalue weighted by molar-refractivity contribution is 0.757. The number of rotatable bonds is 3. The van der Waals surface area contributed by atoms with E-state index in [1.54, 1.807) is 6.20 Å². The number of nitrogens with zero attached hydrogens (tertiary/aromatic N) is 2. The summed E-state index contributed by atoms with van der Waals surface area (Å²) in [5.41, 5.74) is 0. The molecule has 0 aliphatic carbocycles. The van der Waals surface area contributed by atoms with E-state index in [1.807, 2.05) is 18.2 Å². The molecular weight excluding hydrogens is 186 g/mol. The average Bonchev–Trinajstić information content (AvgIpc) is 2.29. The van der Waals surface area contributed by atoms with Crippen LogP contribution in [0.3, 0.4) is 0 Å². The molecule has 3 nitrogen and oxygen atoms in total. The van der Waals surface area contributed by atoms with Crippen LogP contribution in [-0.4, -0.2) is 16.2 Å². The van der Waals surface area contributed by atoms with Crippen LogP contribution in [-0.2, 0) is 0 Å². The van der Waals surface area contributed by atoms with Gasteiger partial charge in [0.05, 0.1) is 6.20 Å². The number of aromatic nitrogens is 2. The Bertz CT molecular complexity index is 448. The van der Waals surface area contributed by atoms with Gasteiger partial charge >= 0.3 is 0 Å². The molecule has 1 aromatic carbocycles. The van der Waals surface area contributed by atoms with Crippen LogP contribution in [0.25, 0.3) is 10.8 Å². The van der Waals surface area contributed by atoms with E-state index in [4.69, 9.17) is 0 Å². The summed E-state index contributed by atoms with van der Waals surface area (Å²) in [6.45, 7) is 4.29. The topological polar surface area (TPSA) is 37.8 Å². The molecule has 0 fully saturated rings. The molecule has 2 rings (SSSR count). The lowest BCUT2D eigenvalue weighted by Crippen LogP contribution is -2.15. The highest BCUT2D eigenvalue weighted by molar-refractivity contribution is 5.90. The van der Waals surface area contributed by atoms with Gasteiger partial charge in [-0.2, -0.15) is 5.10 Å². The van der Waals surface area contributed by atoms with Gasteiger partial charge < -0.3 is 5.32 Å². The van der Waals surface area contributed by atoms with Crippen LogP contribution in [0.1, 0.15) is 20.3 Å². The first-order valence-corrected chi connectivity index (χ1v) is 5.28. The zero-order valence-electron chi connectivity index (χ0n) is 9.07. The molecule has 3 heteroatoms. The standard InChI is InChI=1S/C12H15N3/c1-3-9(2)14-12-11-7-5-4-6-10(11)8-13-15-12/h4-9H,3H2,1-2H3,(H,14,15). The third-order valence-corrected chi connectivity index (χ3v) is 2.57. The molecule has 0 spiro atoms. The lowest BCUT2D eigenvalue weighted by Gasteiger charge is -2.12. The number of hydrogen-bond donors (Lipinski definition) is 1. The van der Waals surface area contributed by atoms with Gasteiger partial charge in [-0.1, -0.05) is 31.2 Å². The normalized spacial score (nSPS) is 12.7. The zero-order chi connectivity index (χ0) is 10.7. The molecule has 1 unspecified atom stereocenters. The Balaban J connectivity index is 2.42. The Morgan fingerprint density at radius 2 is 2.13 bits per heavy atom. The van der Waals surface area contributed by atoms with Gasteiger partial charge in [0.25, 0.3) is 0 Å². The van der Waals surface area contributed by atoms with Crippen LogP contribution in [0, 0.1) is 0 Å². The van der Waals surface area contributed by atoms with Crippen molar-refractivity contribution in [3.63, 3.8) is 0 Å². The van der Waals surface area contributed by atoms with E-state index in [0.717, 1.165) is 23.0 Å². The van der Waals surface area contributed by atoms with Crippen molar-refractivity contribution >= 4 is 16.6 Å². The van der Waals surface area contributed by atoms with E-state index in [2.05, 4.69) is 35.4 Å². The van der Waals surface area contributed by atoms with Gasteiger partial charge in [0.15, 0.2) is 5.82 Å². The van der Waals surface area contributed by atoms with Gasteiger partial charge in [0.2, 0.25) is 0 Å². The quantitative estimate of drug-likeness (QED) is 0.829. The molecule has 1 heterocycles. The SMILES string of the molecule is CCC(C)Nc1nncc2ccccc12. The number of hydrogen-bond acceptors (Lipinski definition) is 3. The second-order valence-corrected chi connectivity index (χ2v) is 3.73. The molecule has 0 bridgehead atoms. The van der Waals surface area contributed by atoms with Gasteiger partial charge in [0.1, 0.15) is 0 Å². The number of anilines is 1. The second-order valence-electron chi connectivity index (χ2n) is 3.73. The van der Waals surface area contributed by atoms with E-state index in [1.165, 1.54) is 0 Å². The molecule has 78 valence electrons. The second kappa shape index (κ2) is 4.26. The molecule has 1 atom stereocenters. The van der Waals surface area contributed by atoms with E-state index in [9.17, 15) is 0 Å². The summed E-state index contributed by atoms with van der Waals surface area (Å²) in [4.78, 5) is 0. The molecule has 1 N–H and O–H groups in total. The smallest absolute Gasteiger partial charge is 0.156 e. The predicted molar refractivity (Wildman–Crippen MR) is 62.9 cm³/mol. The van der Waals surface area contributed by atoms with E-state index in [0.29, 0.717) is 6.04 Å². The van der Waals surface area contributed by atoms with Crippen molar-refractivity contribution in [2.75, 3.05) is 5.32 Å². The largest absolute Gasteiger partial charge is 0.366 e. The van der Waals surface area contributed by atoms with Gasteiger partial charge in [-0.15, -0.1) is 5.10 Å². The Kier molecular flexibility index (Phi) is 2.81. The van der Waals surface area contributed by atoms with Gasteiger partial charge in [-0.25, -0.2) is 0 Å². The fraction of sp³-hybridized carbons (Fsp3) is 0.333. The first-order valence-electron chi connectivity index (χ1n) is 5.28. The first kappa shape index (κ1) is 9.90. The molecular formula is C12H15N3. The molecule has 2 aromatic rings. The number of benzene rings is 1. The highest BCUT2D eigenvalue weighted by atomic mass is 15.2. The van der Waals surface area contributed by atoms with Crippen LogP contribution in [0.15, 0.2) is 30.5 Å². The lowest BCUT2D eigenvalue weighted by atomic mass is 10.2. The highest BCUT2D eigenvalue weighted by Gasteiger charge is 2.04. The van der Waals surface area contributed by atoms with E-state index in [-0.39, 0.29) is 0 Å². The molecule has 0 radical (unpaired) electrons. The minimum Gasteiger partial charge on any atom is -0.366 e. The molecule has 1 aromatic heterocycles. The van der Waals surface area contributed by atoms with Gasteiger partial charge in [-0.3, -0.25) is 0 Å². The van der Waals surface area contributed by atoms with Crippen LogP contribution in [0.4, 0.5) is 5.82 Å². The Hall–Kier alpha value is -1.64. The van der Waals surface area contributed by atoms with Crippen molar-refractivity contribution in [2.45, 2.75) is 26.3 Å². The Labute approximate surface area is 89.5 Å². The molecule has 0 saturated heterocycles. The summed E-state index contributed by atoms with van der Waals surface area (Å²) in [5, 5.41) is 13.7. The number of fused-ring (bicyclic) bond motifs is 1. The summed E-state index contributed by atoms with van der Waals surface area (Å²) in [5.74, 6) is 0.877. The molecule has 0 aliphatic rings. The molecule has 0 saturated carbocycles. The summed E-state index contributed by atoms with van der Waals surface area (Å²) in [6, 6.07) is 8.56. The number of nitrogens with one attached hydrogen (secondary N) is 1. The van der Waals surface area contributed by atoms with E-state index >= 15 is 0 Å². The van der Waals surface area contributed by atoms with Crippen molar-refractivity contribution in [3.05, 3.63) is 30.5 Å². The third-order valence-electron chi connectivity index (χ3n) is 2.57. The van der Waals surface area contributed by atoms with Crippen molar-refractivity contribution < 1.29 is 0 Å². The maximum atomic E-state index is 4.13. The summed E-state index contributed by atoms with van der Waals surface area (Å²) < 4.78 is 0. The van der Waals surface area contributed by atoms with Gasteiger partial charge in [-0.05, 0) is 13.3 Å². The van der Waals surface area contributed by atoms with Gasteiger partial charge in [0, 0.05) is 16.8 Å². The first-order chi connectivity index (χ1) is 7.31. The maximum Gasteiger partial charge on any atom is 0.156 e. The maximum absolute atomic E-state index is 4.13. The summed E-state index contributed by atoms with van der Waals surface area (Å²) in [7, 11) is 0. The fourth-order valence-corrected chi connectivity index (χ4v) is 1.47. The van der Waals surface area contributed by atoms with E-state index < -0.39 is 0 Å². The summed E-state index contributed by atoms with van der Waals surface area (Å²) >= 11 is 0. The minimum atomic E-state index is 0.421. The average molecular weight is 201 g/mol. The van der Waals surface area contributed by atoms with Crippen molar-refractivity contribution in [1.29, 1.82) is 0 Å². The summed E-state index contributed by atoms with van der Waals surface area (Å²) in [6.07, 6.45) is 2.86. The highest BCUT2D eigenvalue weighted by Crippen LogP contribution is 2.19. The van der Waals surface area contributed by atoms with Crippen LogP contribution >= 0.6 is 0 Å².